The van der Waals surface area contributed by atoms with E-state index >= 15 is 0 Å². The second-order valence-electron chi connectivity index (χ2n) is 3.04. The Balaban J connectivity index is 2.21. The molecule has 0 radical (unpaired) electrons. The fourth-order valence-electron chi connectivity index (χ4n) is 1.14. The Morgan fingerprint density at radius 1 is 1.36 bits per heavy atom. The van der Waals surface area contributed by atoms with Gasteiger partial charge in [0.2, 0.25) is 0 Å². The Bertz CT molecular complexity index is 268. The van der Waals surface area contributed by atoms with Gasteiger partial charge in [-0.25, -0.2) is 9.37 Å². The average Bonchev–Trinajstić information content (AvgIpc) is 2.20. The van der Waals surface area contributed by atoms with E-state index in [2.05, 4.69) is 10.3 Å². The van der Waals surface area contributed by atoms with E-state index < -0.39 is 0 Å². The maximum Gasteiger partial charge on any atom is 0.165 e. The SMILES string of the molecule is OCCCCCNc1ncccc1F. The Labute approximate surface area is 83.0 Å². The molecule has 0 spiro atoms. The van der Waals surface area contributed by atoms with Gasteiger partial charge in [0.1, 0.15) is 0 Å². The highest BCUT2D eigenvalue weighted by molar-refractivity contribution is 5.35. The van der Waals surface area contributed by atoms with Gasteiger partial charge in [-0.1, -0.05) is 0 Å². The topological polar surface area (TPSA) is 45.1 Å². The Morgan fingerprint density at radius 3 is 2.93 bits per heavy atom. The molecule has 0 aromatic carbocycles. The molecule has 78 valence electrons. The third-order valence-corrected chi connectivity index (χ3v) is 1.89. The quantitative estimate of drug-likeness (QED) is 0.685. The number of hydrogen-bond donors (Lipinski definition) is 2. The van der Waals surface area contributed by atoms with Crippen molar-refractivity contribution in [2.45, 2.75) is 19.3 Å². The zero-order valence-electron chi connectivity index (χ0n) is 8.04. The summed E-state index contributed by atoms with van der Waals surface area (Å²) in [4.78, 5) is 3.86. The van der Waals surface area contributed by atoms with Crippen LogP contribution in [0.5, 0.6) is 0 Å². The Hall–Kier alpha value is -1.16. The van der Waals surface area contributed by atoms with E-state index in [0.29, 0.717) is 12.4 Å². The van der Waals surface area contributed by atoms with Crippen LogP contribution < -0.4 is 5.32 Å². The third-order valence-electron chi connectivity index (χ3n) is 1.89. The van der Waals surface area contributed by atoms with Crippen LogP contribution in [0.1, 0.15) is 19.3 Å². The van der Waals surface area contributed by atoms with Gasteiger partial charge in [0.15, 0.2) is 11.6 Å². The van der Waals surface area contributed by atoms with Gasteiger partial charge in [0.25, 0.3) is 0 Å². The Morgan fingerprint density at radius 2 is 2.21 bits per heavy atom. The zero-order valence-corrected chi connectivity index (χ0v) is 8.04. The third kappa shape index (κ3) is 3.70. The van der Waals surface area contributed by atoms with Gasteiger partial charge < -0.3 is 10.4 Å². The summed E-state index contributed by atoms with van der Waals surface area (Å²) in [5, 5.41) is 11.4. The highest BCUT2D eigenvalue weighted by atomic mass is 19.1. The molecule has 1 heterocycles. The van der Waals surface area contributed by atoms with Gasteiger partial charge in [0, 0.05) is 19.3 Å². The van der Waals surface area contributed by atoms with E-state index in [9.17, 15) is 4.39 Å². The minimum atomic E-state index is -0.324. The van der Waals surface area contributed by atoms with Crippen LogP contribution in [-0.2, 0) is 0 Å². The first-order valence-electron chi connectivity index (χ1n) is 4.80. The molecule has 0 aliphatic heterocycles. The zero-order chi connectivity index (χ0) is 10.2. The van der Waals surface area contributed by atoms with Crippen LogP contribution >= 0.6 is 0 Å². The summed E-state index contributed by atoms with van der Waals surface area (Å²) in [6, 6.07) is 2.94. The molecule has 1 rings (SSSR count). The molecule has 0 atom stereocenters. The van der Waals surface area contributed by atoms with Crippen molar-refractivity contribution in [3.05, 3.63) is 24.1 Å². The van der Waals surface area contributed by atoms with Crippen molar-refractivity contribution in [3.63, 3.8) is 0 Å². The second-order valence-corrected chi connectivity index (χ2v) is 3.04. The number of aromatic nitrogens is 1. The monoisotopic (exact) mass is 198 g/mol. The fourth-order valence-corrected chi connectivity index (χ4v) is 1.14. The summed E-state index contributed by atoms with van der Waals surface area (Å²) >= 11 is 0. The first-order valence-corrected chi connectivity index (χ1v) is 4.80. The predicted molar refractivity (Wildman–Crippen MR) is 53.6 cm³/mol. The summed E-state index contributed by atoms with van der Waals surface area (Å²) in [5.41, 5.74) is 0. The number of pyridine rings is 1. The van der Waals surface area contributed by atoms with E-state index in [1.54, 1.807) is 12.3 Å². The summed E-state index contributed by atoms with van der Waals surface area (Å²) in [6.07, 6.45) is 4.21. The average molecular weight is 198 g/mol. The molecule has 1 aromatic rings. The van der Waals surface area contributed by atoms with E-state index in [0.717, 1.165) is 19.3 Å². The lowest BCUT2D eigenvalue weighted by atomic mass is 10.2. The molecule has 0 fully saturated rings. The van der Waals surface area contributed by atoms with Crippen LogP contribution in [0.4, 0.5) is 10.2 Å². The van der Waals surface area contributed by atoms with Crippen molar-refractivity contribution in [3.8, 4) is 0 Å². The number of hydrogen-bond acceptors (Lipinski definition) is 3. The standard InChI is InChI=1S/C10H15FN2O/c11-9-5-4-7-13-10(9)12-6-2-1-3-8-14/h4-5,7,14H,1-3,6,8H2,(H,12,13). The maximum absolute atomic E-state index is 13.0. The van der Waals surface area contributed by atoms with E-state index in [-0.39, 0.29) is 12.4 Å². The summed E-state index contributed by atoms with van der Waals surface area (Å²) < 4.78 is 13.0. The van der Waals surface area contributed by atoms with E-state index in [1.807, 2.05) is 0 Å². The van der Waals surface area contributed by atoms with Crippen molar-refractivity contribution >= 4 is 5.82 Å². The smallest absolute Gasteiger partial charge is 0.165 e. The molecule has 0 saturated carbocycles. The van der Waals surface area contributed by atoms with Crippen molar-refractivity contribution in [1.82, 2.24) is 4.98 Å². The predicted octanol–water partition coefficient (Wildman–Crippen LogP) is 1.80. The molecule has 0 bridgehead atoms. The lowest BCUT2D eigenvalue weighted by Gasteiger charge is -2.05. The lowest BCUT2D eigenvalue weighted by Crippen LogP contribution is -2.05. The van der Waals surface area contributed by atoms with Crippen molar-refractivity contribution in [1.29, 1.82) is 0 Å². The van der Waals surface area contributed by atoms with Crippen LogP contribution in [-0.4, -0.2) is 23.2 Å². The number of rotatable bonds is 6. The number of anilines is 1. The van der Waals surface area contributed by atoms with Crippen LogP contribution in [0.3, 0.4) is 0 Å². The molecule has 0 aliphatic carbocycles. The van der Waals surface area contributed by atoms with Crippen LogP contribution in [0.15, 0.2) is 18.3 Å². The molecule has 0 saturated heterocycles. The van der Waals surface area contributed by atoms with Crippen molar-refractivity contribution < 1.29 is 9.50 Å². The van der Waals surface area contributed by atoms with Gasteiger partial charge in [-0.05, 0) is 31.4 Å². The van der Waals surface area contributed by atoms with Gasteiger partial charge in [-0.2, -0.15) is 0 Å². The van der Waals surface area contributed by atoms with E-state index in [1.165, 1.54) is 6.07 Å². The molecular weight excluding hydrogens is 183 g/mol. The first kappa shape index (κ1) is 10.9. The molecule has 14 heavy (non-hydrogen) atoms. The molecule has 0 aliphatic rings. The minimum Gasteiger partial charge on any atom is -0.396 e. The van der Waals surface area contributed by atoms with Gasteiger partial charge >= 0.3 is 0 Å². The van der Waals surface area contributed by atoms with Crippen molar-refractivity contribution in [2.75, 3.05) is 18.5 Å². The van der Waals surface area contributed by atoms with E-state index in [4.69, 9.17) is 5.11 Å². The highest BCUT2D eigenvalue weighted by Gasteiger charge is 1.99. The Kier molecular flexibility index (Phi) is 4.93. The molecule has 0 unspecified atom stereocenters. The number of nitrogens with one attached hydrogen (secondary N) is 1. The van der Waals surface area contributed by atoms with Crippen LogP contribution in [0, 0.1) is 5.82 Å². The lowest BCUT2D eigenvalue weighted by molar-refractivity contribution is 0.283. The van der Waals surface area contributed by atoms with Crippen molar-refractivity contribution in [2.24, 2.45) is 0 Å². The first-order chi connectivity index (χ1) is 6.84. The van der Waals surface area contributed by atoms with Crippen LogP contribution in [0.25, 0.3) is 0 Å². The number of unbranched alkanes of at least 4 members (excludes halogenated alkanes) is 2. The maximum atomic E-state index is 13.0. The molecule has 0 amide bonds. The van der Waals surface area contributed by atoms with Gasteiger partial charge in [-0.3, -0.25) is 0 Å². The minimum absolute atomic E-state index is 0.220. The molecular formula is C10H15FN2O. The number of aliphatic hydroxyl groups excluding tert-OH is 1. The number of aliphatic hydroxyl groups is 1. The summed E-state index contributed by atoms with van der Waals surface area (Å²) in [7, 11) is 0. The fraction of sp³-hybridized carbons (Fsp3) is 0.500. The summed E-state index contributed by atoms with van der Waals surface area (Å²) in [6.45, 7) is 0.909. The largest absolute Gasteiger partial charge is 0.396 e. The molecule has 1 aromatic heterocycles. The molecule has 2 N–H and O–H groups in total. The number of nitrogens with zero attached hydrogens (tertiary/aromatic N) is 1. The molecule has 4 heteroatoms. The van der Waals surface area contributed by atoms with Gasteiger partial charge in [0.05, 0.1) is 0 Å². The van der Waals surface area contributed by atoms with Crippen LogP contribution in [0.2, 0.25) is 0 Å². The number of halogens is 1. The second kappa shape index (κ2) is 6.32. The summed E-state index contributed by atoms with van der Waals surface area (Å²) in [5.74, 6) is -0.0221. The molecule has 3 nitrogen and oxygen atoms in total. The van der Waals surface area contributed by atoms with Gasteiger partial charge in [-0.15, -0.1) is 0 Å². The highest BCUT2D eigenvalue weighted by Crippen LogP contribution is 2.08. The normalized spacial score (nSPS) is 10.1.